The predicted molar refractivity (Wildman–Crippen MR) is 117 cm³/mol. The van der Waals surface area contributed by atoms with E-state index in [0.717, 1.165) is 43.2 Å². The number of nitrogens with zero attached hydrogens (tertiary/aromatic N) is 1. The number of rotatable bonds is 4. The summed E-state index contributed by atoms with van der Waals surface area (Å²) in [6.45, 7) is 2.04. The minimum Gasteiger partial charge on any atom is -0.457 e. The van der Waals surface area contributed by atoms with Crippen molar-refractivity contribution in [2.45, 2.75) is 44.9 Å². The molecule has 0 aliphatic heterocycles. The molecule has 2 aromatic rings. The number of Topliss-reactive ketones (excluding diaryl/α,β-unsaturated/α-hetero) is 2. The van der Waals surface area contributed by atoms with Crippen LogP contribution in [0.5, 0.6) is 11.5 Å². The zero-order chi connectivity index (χ0) is 21.7. The van der Waals surface area contributed by atoms with Crippen molar-refractivity contribution < 1.29 is 14.3 Å². The third-order valence-corrected chi connectivity index (χ3v) is 7.86. The number of carbonyl (C=O) groups is 2. The van der Waals surface area contributed by atoms with E-state index in [1.54, 1.807) is 18.2 Å². The van der Waals surface area contributed by atoms with Crippen LogP contribution in [0.3, 0.4) is 0 Å². The fourth-order valence-corrected chi connectivity index (χ4v) is 6.33. The molecule has 4 nitrogen and oxygen atoms in total. The van der Waals surface area contributed by atoms with Crippen molar-refractivity contribution in [3.63, 3.8) is 0 Å². The second kappa shape index (κ2) is 7.80. The molecule has 0 saturated heterocycles. The largest absolute Gasteiger partial charge is 0.457 e. The molecular formula is C26H24ClNO3. The van der Waals surface area contributed by atoms with Crippen molar-refractivity contribution in [2.24, 2.45) is 23.7 Å². The first kappa shape index (κ1) is 20.3. The smallest absolute Gasteiger partial charge is 0.151 e. The van der Waals surface area contributed by atoms with Gasteiger partial charge >= 0.3 is 0 Å². The molecule has 158 valence electrons. The van der Waals surface area contributed by atoms with Crippen molar-refractivity contribution in [2.75, 3.05) is 0 Å². The van der Waals surface area contributed by atoms with Gasteiger partial charge in [0.25, 0.3) is 0 Å². The van der Waals surface area contributed by atoms with Crippen LogP contribution in [0.4, 0.5) is 0 Å². The van der Waals surface area contributed by atoms with Crippen LogP contribution >= 0.6 is 11.6 Å². The molecule has 0 radical (unpaired) electrons. The Morgan fingerprint density at radius 3 is 2.10 bits per heavy atom. The Hall–Kier alpha value is -2.64. The van der Waals surface area contributed by atoms with Gasteiger partial charge in [-0.25, -0.2) is 0 Å². The zero-order valence-corrected chi connectivity index (χ0v) is 18.2. The summed E-state index contributed by atoms with van der Waals surface area (Å²) in [4.78, 5) is 27.0. The third-order valence-electron chi connectivity index (χ3n) is 7.55. The Morgan fingerprint density at radius 1 is 0.968 bits per heavy atom. The van der Waals surface area contributed by atoms with Gasteiger partial charge in [0.1, 0.15) is 23.5 Å². The molecule has 4 aliphatic carbocycles. The number of aryl methyl sites for hydroxylation is 1. The van der Waals surface area contributed by atoms with E-state index in [2.05, 4.69) is 0 Å². The second-order valence-electron chi connectivity index (χ2n) is 9.03. The van der Waals surface area contributed by atoms with Gasteiger partial charge in [-0.05, 0) is 79.3 Å². The molecule has 0 amide bonds. The van der Waals surface area contributed by atoms with Crippen molar-refractivity contribution >= 4 is 23.2 Å². The lowest BCUT2D eigenvalue weighted by molar-refractivity contribution is -0.129. The molecule has 31 heavy (non-hydrogen) atoms. The van der Waals surface area contributed by atoms with E-state index in [1.165, 1.54) is 0 Å². The van der Waals surface area contributed by atoms with E-state index < -0.39 is 5.92 Å². The Morgan fingerprint density at radius 2 is 1.55 bits per heavy atom. The molecule has 2 aromatic carbocycles. The normalized spacial score (nSPS) is 29.0. The molecule has 2 unspecified atom stereocenters. The highest BCUT2D eigenvalue weighted by molar-refractivity contribution is 6.31. The van der Waals surface area contributed by atoms with E-state index in [4.69, 9.17) is 21.6 Å². The van der Waals surface area contributed by atoms with Gasteiger partial charge in [-0.3, -0.25) is 9.59 Å². The first-order chi connectivity index (χ1) is 15.0. The van der Waals surface area contributed by atoms with E-state index >= 15 is 0 Å². The highest BCUT2D eigenvalue weighted by atomic mass is 35.5. The first-order valence-corrected chi connectivity index (χ1v) is 11.5. The molecule has 4 saturated carbocycles. The molecule has 0 heterocycles. The van der Waals surface area contributed by atoms with Crippen LogP contribution in [0.1, 0.15) is 55.2 Å². The highest BCUT2D eigenvalue weighted by Gasteiger charge is 2.59. The van der Waals surface area contributed by atoms with Crippen LogP contribution < -0.4 is 4.74 Å². The van der Waals surface area contributed by atoms with Gasteiger partial charge in [0.15, 0.2) is 11.6 Å². The lowest BCUT2D eigenvalue weighted by atomic mass is 9.59. The fraction of sp³-hybridized carbons (Fsp3) is 0.423. The third kappa shape index (κ3) is 3.27. The number of nitriles is 1. The van der Waals surface area contributed by atoms with Crippen LogP contribution in [-0.2, 0) is 16.0 Å². The minimum absolute atomic E-state index is 0.0865. The van der Waals surface area contributed by atoms with Gasteiger partial charge < -0.3 is 4.74 Å². The highest BCUT2D eigenvalue weighted by Crippen LogP contribution is 2.56. The van der Waals surface area contributed by atoms with Crippen LogP contribution in [0.2, 0.25) is 5.02 Å². The number of hydrogen-bond donors (Lipinski definition) is 0. The molecule has 5 heteroatoms. The average Bonchev–Trinajstić information content (AvgIpc) is 3.07. The molecule has 0 N–H and O–H groups in total. The Balaban J connectivity index is 1.49. The van der Waals surface area contributed by atoms with Crippen molar-refractivity contribution in [1.29, 1.82) is 5.26 Å². The molecule has 0 aromatic heterocycles. The fourth-order valence-electron chi connectivity index (χ4n) is 6.11. The molecular weight excluding hydrogens is 410 g/mol. The SMILES string of the molecule is CCc1ccc(Oc2ccc(C#N)c(Cl)c2)cc1C1C(=O)C2C3CCC(CC3)C2C1=O. The number of hydrogen-bond acceptors (Lipinski definition) is 4. The molecule has 6 rings (SSSR count). The summed E-state index contributed by atoms with van der Waals surface area (Å²) in [5, 5.41) is 9.38. The zero-order valence-electron chi connectivity index (χ0n) is 17.4. The summed E-state index contributed by atoms with van der Waals surface area (Å²) >= 11 is 6.13. The van der Waals surface area contributed by atoms with Gasteiger partial charge in [0.2, 0.25) is 0 Å². The monoisotopic (exact) mass is 433 g/mol. The Bertz CT molecular complexity index is 1080. The van der Waals surface area contributed by atoms with Gasteiger partial charge in [-0.2, -0.15) is 5.26 Å². The van der Waals surface area contributed by atoms with Gasteiger partial charge in [0.05, 0.1) is 10.6 Å². The van der Waals surface area contributed by atoms with Crippen LogP contribution in [-0.4, -0.2) is 11.6 Å². The number of halogens is 1. The summed E-state index contributed by atoms with van der Waals surface area (Å²) in [6, 6.07) is 12.6. The topological polar surface area (TPSA) is 67.2 Å². The molecule has 4 aliphatic rings. The summed E-state index contributed by atoms with van der Waals surface area (Å²) in [5.41, 5.74) is 2.20. The van der Waals surface area contributed by atoms with E-state index in [0.29, 0.717) is 33.9 Å². The molecule has 4 fully saturated rings. The van der Waals surface area contributed by atoms with Crippen LogP contribution in [0.15, 0.2) is 36.4 Å². The van der Waals surface area contributed by atoms with E-state index in [9.17, 15) is 9.59 Å². The first-order valence-electron chi connectivity index (χ1n) is 11.1. The summed E-state index contributed by atoms with van der Waals surface area (Å²) in [6.07, 6.45) is 5.08. The maximum atomic E-state index is 13.5. The Labute approximate surface area is 187 Å². The predicted octanol–water partition coefficient (Wildman–Crippen LogP) is 5.85. The van der Waals surface area contributed by atoms with Crippen molar-refractivity contribution in [1.82, 2.24) is 0 Å². The lowest BCUT2D eigenvalue weighted by Crippen LogP contribution is -2.41. The number of ether oxygens (including phenoxy) is 1. The number of fused-ring (bicyclic) bond motifs is 2. The van der Waals surface area contributed by atoms with Crippen molar-refractivity contribution in [3.8, 4) is 17.6 Å². The molecule has 2 bridgehead atoms. The van der Waals surface area contributed by atoms with E-state index in [-0.39, 0.29) is 23.4 Å². The number of carbonyl (C=O) groups excluding carboxylic acids is 2. The second-order valence-corrected chi connectivity index (χ2v) is 9.44. The average molecular weight is 434 g/mol. The standard InChI is InChI=1S/C26H24ClNO3/c1-2-14-7-9-18(31-19-10-8-17(13-28)21(27)12-19)11-20(14)24-25(29)22-15-3-4-16(6-5-15)23(22)26(24)30/h7-12,15-16,22-24H,2-6H2,1H3. The number of ketones is 2. The summed E-state index contributed by atoms with van der Waals surface area (Å²) < 4.78 is 5.99. The maximum Gasteiger partial charge on any atom is 0.151 e. The Kier molecular flexibility index (Phi) is 5.10. The van der Waals surface area contributed by atoms with Crippen LogP contribution in [0, 0.1) is 35.0 Å². The minimum atomic E-state index is -0.667. The summed E-state index contributed by atoms with van der Waals surface area (Å²) in [5.74, 6) is 1.23. The van der Waals surface area contributed by atoms with Gasteiger partial charge in [-0.1, -0.05) is 24.6 Å². The van der Waals surface area contributed by atoms with Crippen LogP contribution in [0.25, 0.3) is 0 Å². The quantitative estimate of drug-likeness (QED) is 0.567. The lowest BCUT2D eigenvalue weighted by Gasteiger charge is -2.43. The molecule has 2 atom stereocenters. The molecule has 0 spiro atoms. The number of benzene rings is 2. The van der Waals surface area contributed by atoms with Gasteiger partial charge in [0, 0.05) is 17.9 Å². The maximum absolute atomic E-state index is 13.5. The van der Waals surface area contributed by atoms with Crippen molar-refractivity contribution in [3.05, 3.63) is 58.1 Å². The summed E-state index contributed by atoms with van der Waals surface area (Å²) in [7, 11) is 0. The van der Waals surface area contributed by atoms with Gasteiger partial charge in [-0.15, -0.1) is 0 Å². The van der Waals surface area contributed by atoms with E-state index in [1.807, 2.05) is 31.2 Å².